The van der Waals surface area contributed by atoms with Gasteiger partial charge in [-0.1, -0.05) is 66.7 Å². The fourth-order valence-electron chi connectivity index (χ4n) is 6.88. The van der Waals surface area contributed by atoms with Gasteiger partial charge in [0.1, 0.15) is 25.1 Å². The average molecular weight is 662 g/mol. The van der Waals surface area contributed by atoms with Crippen molar-refractivity contribution < 1.29 is 19.0 Å². The second-order valence-electron chi connectivity index (χ2n) is 13.6. The van der Waals surface area contributed by atoms with Gasteiger partial charge < -0.3 is 34.2 Å². The molecule has 3 aliphatic rings. The number of morpholine rings is 1. The van der Waals surface area contributed by atoms with Crippen LogP contribution in [0, 0.1) is 11.3 Å². The van der Waals surface area contributed by atoms with Gasteiger partial charge in [0, 0.05) is 54.9 Å². The maximum Gasteiger partial charge on any atom is 0.410 e. The van der Waals surface area contributed by atoms with Crippen molar-refractivity contribution in [2.45, 2.75) is 57.5 Å². The van der Waals surface area contributed by atoms with Crippen LogP contribution < -0.4 is 19.9 Å². The Morgan fingerprint density at radius 1 is 1.02 bits per heavy atom. The minimum atomic E-state index is -0.410. The summed E-state index contributed by atoms with van der Waals surface area (Å²) in [5.41, 5.74) is 4.02. The first-order valence-corrected chi connectivity index (χ1v) is 17.1. The Hall–Kier alpha value is -4.92. The van der Waals surface area contributed by atoms with Gasteiger partial charge in [-0.3, -0.25) is 0 Å². The molecule has 2 unspecified atom stereocenters. The largest absolute Gasteiger partial charge is 0.461 e. The number of benzene rings is 3. The number of piperazine rings is 1. The number of amides is 1. The molecule has 3 aromatic carbocycles. The van der Waals surface area contributed by atoms with Gasteiger partial charge in [-0.25, -0.2) is 4.79 Å². The number of carbonyl (C=O) groups excluding carboxylic acids is 1. The molecule has 2 fully saturated rings. The lowest BCUT2D eigenvalue weighted by Gasteiger charge is -2.42. The molecule has 0 bridgehead atoms. The summed E-state index contributed by atoms with van der Waals surface area (Å²) in [7, 11) is 0. The topological polar surface area (TPSA) is 116 Å². The van der Waals surface area contributed by atoms with Crippen molar-refractivity contribution in [3.63, 3.8) is 0 Å². The van der Waals surface area contributed by atoms with E-state index in [4.69, 9.17) is 24.2 Å². The fraction of sp³-hybridized carbons (Fsp3) is 0.421. The van der Waals surface area contributed by atoms with Crippen molar-refractivity contribution in [1.82, 2.24) is 20.2 Å². The molecule has 49 heavy (non-hydrogen) atoms. The van der Waals surface area contributed by atoms with Crippen LogP contribution in [0.5, 0.6) is 6.01 Å². The number of ether oxygens (including phenoxy) is 3. The van der Waals surface area contributed by atoms with Gasteiger partial charge in [0.2, 0.25) is 0 Å². The van der Waals surface area contributed by atoms with Crippen molar-refractivity contribution >= 4 is 28.4 Å². The van der Waals surface area contributed by atoms with Crippen LogP contribution in [0.25, 0.3) is 10.8 Å². The van der Waals surface area contributed by atoms with E-state index in [1.165, 1.54) is 16.5 Å². The predicted molar refractivity (Wildman–Crippen MR) is 188 cm³/mol. The summed E-state index contributed by atoms with van der Waals surface area (Å²) >= 11 is 0. The first kappa shape index (κ1) is 32.6. The molecule has 254 valence electrons. The molecule has 2 saturated heterocycles. The molecule has 1 N–H and O–H groups in total. The number of hydrogen-bond donors (Lipinski definition) is 1. The Bertz CT molecular complexity index is 1810. The average Bonchev–Trinajstić information content (AvgIpc) is 3.13. The number of nitrogens with zero attached hydrogens (tertiary/aromatic N) is 6. The zero-order chi connectivity index (χ0) is 33.8. The summed E-state index contributed by atoms with van der Waals surface area (Å²) in [6.45, 7) is 8.84. The van der Waals surface area contributed by atoms with Crippen LogP contribution in [-0.2, 0) is 29.0 Å². The van der Waals surface area contributed by atoms with E-state index in [1.807, 2.05) is 30.3 Å². The Kier molecular flexibility index (Phi) is 9.51. The number of rotatable bonds is 8. The van der Waals surface area contributed by atoms with E-state index in [0.29, 0.717) is 51.9 Å². The number of carbonyl (C=O) groups is 1. The molecular formula is C38H43N7O4. The predicted octanol–water partition coefficient (Wildman–Crippen LogP) is 5.08. The smallest absolute Gasteiger partial charge is 0.410 e. The van der Waals surface area contributed by atoms with Crippen molar-refractivity contribution in [2.75, 3.05) is 55.7 Å². The zero-order valence-electron chi connectivity index (χ0n) is 28.2. The highest BCUT2D eigenvalue weighted by Crippen LogP contribution is 2.35. The maximum atomic E-state index is 13.2. The molecule has 4 heterocycles. The molecule has 1 amide bonds. The summed E-state index contributed by atoms with van der Waals surface area (Å²) in [4.78, 5) is 29.4. The standard InChI is InChI=1S/C38H43N7O4/c1-38(2)26-49-30(21-40-38)25-47-36-41-33-23-43(34-14-8-12-28-11-6-7-13-31(28)34)18-16-32(33)35(42-36)44-19-20-45(29(22-44)15-17-39)37(46)48-24-27-9-4-3-5-10-27/h3-14,29-30,40H,15-16,18-26H2,1-2H3. The number of aromatic nitrogens is 2. The number of anilines is 2. The molecule has 11 heteroatoms. The van der Waals surface area contributed by atoms with Gasteiger partial charge in [0.05, 0.1) is 37.4 Å². The van der Waals surface area contributed by atoms with Crippen LogP contribution in [0.2, 0.25) is 0 Å². The highest BCUT2D eigenvalue weighted by molar-refractivity contribution is 5.94. The lowest BCUT2D eigenvalue weighted by atomic mass is 10.0. The number of nitrogens with one attached hydrogen (secondary N) is 1. The van der Waals surface area contributed by atoms with Crippen LogP contribution in [0.1, 0.15) is 37.1 Å². The Balaban J connectivity index is 1.14. The van der Waals surface area contributed by atoms with Crippen molar-refractivity contribution in [3.05, 3.63) is 89.6 Å². The second kappa shape index (κ2) is 14.3. The van der Waals surface area contributed by atoms with E-state index >= 15 is 0 Å². The fourth-order valence-corrected chi connectivity index (χ4v) is 6.88. The normalized spacial score (nSPS) is 20.4. The summed E-state index contributed by atoms with van der Waals surface area (Å²) in [6.07, 6.45) is 0.410. The van der Waals surface area contributed by atoms with Crippen molar-refractivity contribution in [3.8, 4) is 12.1 Å². The van der Waals surface area contributed by atoms with Crippen molar-refractivity contribution in [2.24, 2.45) is 0 Å². The minimum absolute atomic E-state index is 0.0763. The van der Waals surface area contributed by atoms with E-state index in [9.17, 15) is 10.1 Å². The number of nitriles is 1. The molecule has 11 nitrogen and oxygen atoms in total. The molecule has 3 aliphatic heterocycles. The molecule has 7 rings (SSSR count). The molecular weight excluding hydrogens is 618 g/mol. The minimum Gasteiger partial charge on any atom is -0.461 e. The third kappa shape index (κ3) is 7.41. The highest BCUT2D eigenvalue weighted by Gasteiger charge is 2.35. The molecule has 4 aromatic rings. The van der Waals surface area contributed by atoms with Crippen molar-refractivity contribution in [1.29, 1.82) is 5.26 Å². The van der Waals surface area contributed by atoms with E-state index in [2.05, 4.69) is 77.5 Å². The molecule has 0 spiro atoms. The number of fused-ring (bicyclic) bond motifs is 2. The van der Waals surface area contributed by atoms with Crippen LogP contribution >= 0.6 is 0 Å². The van der Waals surface area contributed by atoms with E-state index in [-0.39, 0.29) is 30.7 Å². The van der Waals surface area contributed by atoms with Crippen LogP contribution in [0.15, 0.2) is 72.8 Å². The summed E-state index contributed by atoms with van der Waals surface area (Å²) in [5.74, 6) is 0.807. The lowest BCUT2D eigenvalue weighted by molar-refractivity contribution is -0.0425. The summed E-state index contributed by atoms with van der Waals surface area (Å²) in [6, 6.07) is 26.7. The Morgan fingerprint density at radius 3 is 2.65 bits per heavy atom. The van der Waals surface area contributed by atoms with Gasteiger partial charge >= 0.3 is 12.1 Å². The first-order valence-electron chi connectivity index (χ1n) is 17.1. The van der Waals surface area contributed by atoms with Gasteiger partial charge in [0.15, 0.2) is 0 Å². The van der Waals surface area contributed by atoms with Gasteiger partial charge in [0.25, 0.3) is 0 Å². The van der Waals surface area contributed by atoms with E-state index in [0.717, 1.165) is 35.6 Å². The molecule has 0 radical (unpaired) electrons. The third-order valence-corrected chi connectivity index (χ3v) is 9.57. The van der Waals surface area contributed by atoms with Crippen LogP contribution in [-0.4, -0.2) is 84.6 Å². The zero-order valence-corrected chi connectivity index (χ0v) is 28.2. The van der Waals surface area contributed by atoms with Crippen LogP contribution in [0.3, 0.4) is 0 Å². The second-order valence-corrected chi connectivity index (χ2v) is 13.6. The molecule has 2 atom stereocenters. The summed E-state index contributed by atoms with van der Waals surface area (Å²) < 4.78 is 18.0. The maximum absolute atomic E-state index is 13.2. The van der Waals surface area contributed by atoms with Crippen LogP contribution in [0.4, 0.5) is 16.3 Å². The SMILES string of the molecule is CC1(C)COC(COc2nc3c(c(N4CCN(C(=O)OCc5ccccc5)C(CC#N)C4)n2)CCN(c2cccc4ccccc24)C3)CN1. The quantitative estimate of drug-likeness (QED) is 0.274. The lowest BCUT2D eigenvalue weighted by Crippen LogP contribution is -2.56. The van der Waals surface area contributed by atoms with Gasteiger partial charge in [-0.2, -0.15) is 15.2 Å². The molecule has 1 aromatic heterocycles. The summed E-state index contributed by atoms with van der Waals surface area (Å²) in [5, 5.41) is 15.7. The highest BCUT2D eigenvalue weighted by atomic mass is 16.6. The van der Waals surface area contributed by atoms with E-state index in [1.54, 1.807) is 4.90 Å². The first-order chi connectivity index (χ1) is 23.9. The Labute approximate surface area is 287 Å². The van der Waals surface area contributed by atoms with Gasteiger partial charge in [-0.05, 0) is 37.3 Å². The van der Waals surface area contributed by atoms with Gasteiger partial charge in [-0.15, -0.1) is 0 Å². The van der Waals surface area contributed by atoms with E-state index < -0.39 is 6.09 Å². The monoisotopic (exact) mass is 661 g/mol. The molecule has 0 saturated carbocycles. The molecule has 0 aliphatic carbocycles. The Morgan fingerprint density at radius 2 is 1.84 bits per heavy atom. The third-order valence-electron chi connectivity index (χ3n) is 9.57. The number of hydrogen-bond acceptors (Lipinski definition) is 10.